The lowest BCUT2D eigenvalue weighted by molar-refractivity contribution is 0.202. The molecule has 2 rings (SSSR count). The predicted molar refractivity (Wildman–Crippen MR) is 71.8 cm³/mol. The van der Waals surface area contributed by atoms with Crippen LogP contribution in [0.5, 0.6) is 0 Å². The van der Waals surface area contributed by atoms with E-state index in [2.05, 4.69) is 5.32 Å². The lowest BCUT2D eigenvalue weighted by atomic mass is 10.4. The number of nitrogens with zero attached hydrogens (tertiary/aromatic N) is 1. The van der Waals surface area contributed by atoms with Crippen molar-refractivity contribution in [1.82, 2.24) is 10.2 Å². The zero-order chi connectivity index (χ0) is 13.2. The van der Waals surface area contributed by atoms with E-state index in [0.717, 1.165) is 4.88 Å². The first-order valence-corrected chi connectivity index (χ1v) is 8.45. The van der Waals surface area contributed by atoms with Crippen LogP contribution < -0.4 is 5.32 Å². The number of halogens is 1. The smallest absolute Gasteiger partial charge is 0.317 e. The third-order valence-electron chi connectivity index (χ3n) is 2.67. The third-order valence-corrected chi connectivity index (χ3v) is 5.51. The number of carbonyl (C=O) groups is 1. The summed E-state index contributed by atoms with van der Waals surface area (Å²) in [5, 5.41) is 2.75. The molecule has 1 saturated heterocycles. The maximum Gasteiger partial charge on any atom is 0.317 e. The van der Waals surface area contributed by atoms with Crippen LogP contribution in [0.2, 0.25) is 4.34 Å². The van der Waals surface area contributed by atoms with Crippen molar-refractivity contribution in [1.29, 1.82) is 0 Å². The number of amides is 2. The van der Waals surface area contributed by atoms with Gasteiger partial charge in [0.15, 0.2) is 9.84 Å². The summed E-state index contributed by atoms with van der Waals surface area (Å²) in [6.07, 6.45) is 0. The Balaban J connectivity index is 1.82. The zero-order valence-corrected chi connectivity index (χ0v) is 11.9. The summed E-state index contributed by atoms with van der Waals surface area (Å²) in [4.78, 5) is 14.3. The molecule has 2 amide bonds. The molecule has 0 aliphatic carbocycles. The van der Waals surface area contributed by atoms with Gasteiger partial charge in [0.05, 0.1) is 22.4 Å². The highest BCUT2D eigenvalue weighted by Crippen LogP contribution is 2.21. The molecule has 5 nitrogen and oxygen atoms in total. The van der Waals surface area contributed by atoms with Gasteiger partial charge in [-0.05, 0) is 12.1 Å². The highest BCUT2D eigenvalue weighted by atomic mass is 35.5. The molecule has 2 heterocycles. The summed E-state index contributed by atoms with van der Waals surface area (Å²) < 4.78 is 23.1. The van der Waals surface area contributed by atoms with Crippen LogP contribution in [0.15, 0.2) is 12.1 Å². The van der Waals surface area contributed by atoms with Crippen LogP contribution in [0.25, 0.3) is 0 Å². The number of urea groups is 1. The zero-order valence-electron chi connectivity index (χ0n) is 9.56. The van der Waals surface area contributed by atoms with Crippen molar-refractivity contribution in [3.05, 3.63) is 21.3 Å². The fourth-order valence-corrected chi connectivity index (χ4v) is 3.87. The van der Waals surface area contributed by atoms with Gasteiger partial charge in [0.25, 0.3) is 0 Å². The largest absolute Gasteiger partial charge is 0.333 e. The molecule has 0 bridgehead atoms. The van der Waals surface area contributed by atoms with Gasteiger partial charge in [-0.3, -0.25) is 0 Å². The molecule has 1 aromatic rings. The van der Waals surface area contributed by atoms with Crippen molar-refractivity contribution in [3.63, 3.8) is 0 Å². The van der Waals surface area contributed by atoms with Crippen molar-refractivity contribution >= 4 is 38.8 Å². The van der Waals surface area contributed by atoms with Crippen molar-refractivity contribution in [3.8, 4) is 0 Å². The van der Waals surface area contributed by atoms with Gasteiger partial charge in [-0.25, -0.2) is 13.2 Å². The molecule has 1 N–H and O–H groups in total. The van der Waals surface area contributed by atoms with E-state index in [9.17, 15) is 13.2 Å². The SMILES string of the molecule is O=C(NCc1ccc(Cl)s1)N1CCS(=O)(=O)CC1. The molecule has 1 fully saturated rings. The van der Waals surface area contributed by atoms with E-state index in [1.807, 2.05) is 6.07 Å². The summed E-state index contributed by atoms with van der Waals surface area (Å²) >= 11 is 7.20. The molecule has 0 atom stereocenters. The molecule has 0 radical (unpaired) electrons. The van der Waals surface area contributed by atoms with Gasteiger partial charge < -0.3 is 10.2 Å². The molecule has 18 heavy (non-hydrogen) atoms. The second kappa shape index (κ2) is 5.46. The van der Waals surface area contributed by atoms with Crippen LogP contribution >= 0.6 is 22.9 Å². The molecule has 8 heteroatoms. The molecule has 0 spiro atoms. The molecule has 0 aromatic carbocycles. The Morgan fingerprint density at radius 1 is 1.39 bits per heavy atom. The van der Waals surface area contributed by atoms with Crippen molar-refractivity contribution < 1.29 is 13.2 Å². The van der Waals surface area contributed by atoms with E-state index < -0.39 is 9.84 Å². The van der Waals surface area contributed by atoms with Crippen LogP contribution in [0.3, 0.4) is 0 Å². The highest BCUT2D eigenvalue weighted by Gasteiger charge is 2.24. The first-order valence-electron chi connectivity index (χ1n) is 5.44. The first-order chi connectivity index (χ1) is 8.46. The van der Waals surface area contributed by atoms with Crippen LogP contribution in [0.1, 0.15) is 4.88 Å². The Labute approximate surface area is 115 Å². The number of hydrogen-bond donors (Lipinski definition) is 1. The van der Waals surface area contributed by atoms with Crippen LogP contribution in [-0.4, -0.2) is 43.9 Å². The van der Waals surface area contributed by atoms with Gasteiger partial charge in [0, 0.05) is 18.0 Å². The summed E-state index contributed by atoms with van der Waals surface area (Å²) in [6, 6.07) is 3.41. The normalized spacial score (nSPS) is 18.6. The monoisotopic (exact) mass is 308 g/mol. The van der Waals surface area contributed by atoms with Gasteiger partial charge in [0.2, 0.25) is 0 Å². The minimum atomic E-state index is -2.95. The van der Waals surface area contributed by atoms with Gasteiger partial charge >= 0.3 is 6.03 Å². The second-order valence-corrected chi connectivity index (χ2v) is 8.11. The molecule has 100 valence electrons. The number of rotatable bonds is 2. The Morgan fingerprint density at radius 3 is 2.61 bits per heavy atom. The minimum Gasteiger partial charge on any atom is -0.333 e. The Kier molecular flexibility index (Phi) is 4.14. The first kappa shape index (κ1) is 13.6. The maximum absolute atomic E-state index is 11.8. The highest BCUT2D eigenvalue weighted by molar-refractivity contribution is 7.91. The lowest BCUT2D eigenvalue weighted by Crippen LogP contribution is -2.47. The number of carbonyl (C=O) groups excluding carboxylic acids is 1. The van der Waals surface area contributed by atoms with Crippen molar-refractivity contribution in [2.45, 2.75) is 6.54 Å². The van der Waals surface area contributed by atoms with E-state index in [4.69, 9.17) is 11.6 Å². The average molecular weight is 309 g/mol. The van der Waals surface area contributed by atoms with Crippen molar-refractivity contribution in [2.24, 2.45) is 0 Å². The van der Waals surface area contributed by atoms with Crippen LogP contribution in [-0.2, 0) is 16.4 Å². The number of hydrogen-bond acceptors (Lipinski definition) is 4. The fraction of sp³-hybridized carbons (Fsp3) is 0.500. The molecule has 1 aromatic heterocycles. The predicted octanol–water partition coefficient (Wildman–Crippen LogP) is 1.34. The van der Waals surface area contributed by atoms with E-state index in [1.54, 1.807) is 6.07 Å². The number of thiophene rings is 1. The Morgan fingerprint density at radius 2 is 2.06 bits per heavy atom. The van der Waals surface area contributed by atoms with Gasteiger partial charge in [0.1, 0.15) is 0 Å². The van der Waals surface area contributed by atoms with Crippen molar-refractivity contribution in [2.75, 3.05) is 24.6 Å². The summed E-state index contributed by atoms with van der Waals surface area (Å²) in [5.74, 6) is 0.0938. The second-order valence-electron chi connectivity index (χ2n) is 4.00. The summed E-state index contributed by atoms with van der Waals surface area (Å²) in [7, 11) is -2.95. The molecular formula is C10H13ClN2O3S2. The van der Waals surface area contributed by atoms with Gasteiger partial charge in [-0.1, -0.05) is 11.6 Å². The Hall–Kier alpha value is -0.790. The van der Waals surface area contributed by atoms with E-state index in [1.165, 1.54) is 16.2 Å². The molecule has 0 saturated carbocycles. The number of sulfone groups is 1. The third kappa shape index (κ3) is 3.60. The summed E-state index contributed by atoms with van der Waals surface area (Å²) in [6.45, 7) is 0.943. The maximum atomic E-state index is 11.8. The standard InChI is InChI=1S/C10H13ClN2O3S2/c11-9-2-1-8(17-9)7-12-10(14)13-3-5-18(15,16)6-4-13/h1-2H,3-7H2,(H,12,14). The van der Waals surface area contributed by atoms with Crippen LogP contribution in [0, 0.1) is 0 Å². The van der Waals surface area contributed by atoms with E-state index >= 15 is 0 Å². The van der Waals surface area contributed by atoms with E-state index in [0.29, 0.717) is 10.9 Å². The average Bonchev–Trinajstić information content (AvgIpc) is 2.72. The lowest BCUT2D eigenvalue weighted by Gasteiger charge is -2.26. The van der Waals surface area contributed by atoms with Gasteiger partial charge in [-0.2, -0.15) is 0 Å². The number of nitrogens with one attached hydrogen (secondary N) is 1. The van der Waals surface area contributed by atoms with E-state index in [-0.39, 0.29) is 30.6 Å². The summed E-state index contributed by atoms with van der Waals surface area (Å²) in [5.41, 5.74) is 0. The molecule has 0 unspecified atom stereocenters. The molecular weight excluding hydrogens is 296 g/mol. The topological polar surface area (TPSA) is 66.5 Å². The Bertz CT molecular complexity index is 527. The molecule has 1 aliphatic rings. The minimum absolute atomic E-state index is 0.0469. The van der Waals surface area contributed by atoms with Gasteiger partial charge in [-0.15, -0.1) is 11.3 Å². The van der Waals surface area contributed by atoms with Crippen LogP contribution in [0.4, 0.5) is 4.79 Å². The quantitative estimate of drug-likeness (QED) is 0.896. The molecule has 1 aliphatic heterocycles. The fourth-order valence-electron chi connectivity index (χ4n) is 1.64.